The Bertz CT molecular complexity index is 1050. The van der Waals surface area contributed by atoms with Gasteiger partial charge >= 0.3 is 0 Å². The molecule has 0 spiro atoms. The fraction of sp³-hybridized carbons (Fsp3) is 0.182. The van der Waals surface area contributed by atoms with Crippen molar-refractivity contribution in [3.63, 3.8) is 0 Å². The average molecular weight is 389 g/mol. The molecule has 1 aromatic heterocycles. The number of amides is 1. The highest BCUT2D eigenvalue weighted by molar-refractivity contribution is 7.12. The molecule has 1 saturated heterocycles. The lowest BCUT2D eigenvalue weighted by molar-refractivity contribution is 0.103. The Morgan fingerprint density at radius 1 is 1.04 bits per heavy atom. The maximum atomic E-state index is 12.5. The number of aliphatic imine (C=N–C) groups is 1. The number of thiophene rings is 1. The van der Waals surface area contributed by atoms with Gasteiger partial charge in [0.1, 0.15) is 17.3 Å². The molecule has 6 heteroatoms. The molecule has 3 aromatic rings. The fourth-order valence-electron chi connectivity index (χ4n) is 3.57. The summed E-state index contributed by atoms with van der Waals surface area (Å²) in [6.07, 6.45) is 2.32. The topological polar surface area (TPSA) is 53.9 Å². The molecule has 0 saturated carbocycles. The van der Waals surface area contributed by atoms with Gasteiger partial charge in [-0.15, -0.1) is 11.3 Å². The van der Waals surface area contributed by atoms with Crippen molar-refractivity contribution in [2.45, 2.75) is 12.8 Å². The lowest BCUT2D eigenvalue weighted by Gasteiger charge is -2.21. The van der Waals surface area contributed by atoms with Gasteiger partial charge in [-0.05, 0) is 54.6 Å². The molecule has 2 aliphatic rings. The first-order valence-electron chi connectivity index (χ1n) is 9.38. The molecule has 28 heavy (non-hydrogen) atoms. The van der Waals surface area contributed by atoms with Crippen LogP contribution in [0.4, 0.5) is 11.4 Å². The molecule has 0 aliphatic carbocycles. The molecule has 0 unspecified atom stereocenters. The van der Waals surface area contributed by atoms with E-state index in [1.165, 1.54) is 11.3 Å². The first-order chi connectivity index (χ1) is 13.8. The van der Waals surface area contributed by atoms with Gasteiger partial charge in [-0.3, -0.25) is 4.79 Å². The van der Waals surface area contributed by atoms with Gasteiger partial charge < -0.3 is 15.0 Å². The van der Waals surface area contributed by atoms with Gasteiger partial charge in [-0.1, -0.05) is 18.2 Å². The number of fused-ring (bicyclic) bond motifs is 2. The van der Waals surface area contributed by atoms with Crippen LogP contribution in [0.5, 0.6) is 11.5 Å². The summed E-state index contributed by atoms with van der Waals surface area (Å²) in [5.74, 6) is 2.30. The third kappa shape index (κ3) is 3.16. The fourth-order valence-corrected chi connectivity index (χ4v) is 4.19. The number of benzene rings is 2. The van der Waals surface area contributed by atoms with Crippen molar-refractivity contribution in [1.82, 2.24) is 4.90 Å². The van der Waals surface area contributed by atoms with Gasteiger partial charge in [-0.25, -0.2) is 4.99 Å². The standard InChI is InChI=1S/C22H19N3O2S/c26-22(20-8-5-13-28-20)23-15-9-10-18-16(14-15)21(25-11-3-4-12-25)24-17-6-1-2-7-19(17)27-18/h1-2,5-10,13-14H,3-4,11-12H2,(H,23,26). The number of likely N-dealkylation sites (tertiary alicyclic amines) is 1. The second-order valence-corrected chi connectivity index (χ2v) is 7.79. The first-order valence-corrected chi connectivity index (χ1v) is 10.3. The predicted molar refractivity (Wildman–Crippen MR) is 112 cm³/mol. The van der Waals surface area contributed by atoms with Crippen molar-refractivity contribution in [2.75, 3.05) is 18.4 Å². The molecule has 1 fully saturated rings. The second-order valence-electron chi connectivity index (χ2n) is 6.84. The smallest absolute Gasteiger partial charge is 0.265 e. The summed E-state index contributed by atoms with van der Waals surface area (Å²) in [7, 11) is 0. The van der Waals surface area contributed by atoms with Crippen LogP contribution in [0.25, 0.3) is 0 Å². The van der Waals surface area contributed by atoms with Crippen molar-refractivity contribution >= 4 is 34.5 Å². The number of anilines is 1. The minimum absolute atomic E-state index is 0.104. The maximum Gasteiger partial charge on any atom is 0.265 e. The molecule has 0 bridgehead atoms. The SMILES string of the molecule is O=C(Nc1ccc2c(c1)C(N1CCCC1)=Nc1ccccc1O2)c1cccs1. The molecule has 2 aliphatic heterocycles. The number of ether oxygens (including phenoxy) is 1. The Balaban J connectivity index is 1.55. The Morgan fingerprint density at radius 2 is 1.89 bits per heavy atom. The lowest BCUT2D eigenvalue weighted by atomic mass is 10.1. The van der Waals surface area contributed by atoms with Crippen LogP contribution >= 0.6 is 11.3 Å². The summed E-state index contributed by atoms with van der Waals surface area (Å²) in [4.78, 5) is 20.4. The van der Waals surface area contributed by atoms with Crippen molar-refractivity contribution in [3.05, 3.63) is 70.4 Å². The summed E-state index contributed by atoms with van der Waals surface area (Å²) < 4.78 is 6.17. The third-order valence-electron chi connectivity index (χ3n) is 4.94. The number of rotatable bonds is 2. The predicted octanol–water partition coefficient (Wildman–Crippen LogP) is 5.28. The first kappa shape index (κ1) is 17.0. The monoisotopic (exact) mass is 389 g/mol. The molecule has 1 amide bonds. The van der Waals surface area contributed by atoms with Crippen LogP contribution in [0.2, 0.25) is 0 Å². The number of para-hydroxylation sites is 2. The van der Waals surface area contributed by atoms with Crippen LogP contribution in [-0.4, -0.2) is 29.7 Å². The van der Waals surface area contributed by atoms with Crippen molar-refractivity contribution in [2.24, 2.45) is 4.99 Å². The minimum Gasteiger partial charge on any atom is -0.454 e. The Hall–Kier alpha value is -3.12. The maximum absolute atomic E-state index is 12.5. The summed E-state index contributed by atoms with van der Waals surface area (Å²) in [5.41, 5.74) is 2.46. The van der Waals surface area contributed by atoms with E-state index in [-0.39, 0.29) is 5.91 Å². The van der Waals surface area contributed by atoms with Crippen LogP contribution < -0.4 is 10.1 Å². The van der Waals surface area contributed by atoms with E-state index in [9.17, 15) is 4.79 Å². The van der Waals surface area contributed by atoms with Crippen LogP contribution in [0.1, 0.15) is 28.1 Å². The number of nitrogens with one attached hydrogen (secondary N) is 1. The Morgan fingerprint density at radius 3 is 2.71 bits per heavy atom. The molecule has 140 valence electrons. The zero-order valence-corrected chi connectivity index (χ0v) is 16.0. The summed E-state index contributed by atoms with van der Waals surface area (Å²) >= 11 is 1.43. The van der Waals surface area contributed by atoms with E-state index >= 15 is 0 Å². The van der Waals surface area contributed by atoms with E-state index in [0.29, 0.717) is 4.88 Å². The molecule has 5 rings (SSSR count). The number of carbonyl (C=O) groups excluding carboxylic acids is 1. The van der Waals surface area contributed by atoms with E-state index < -0.39 is 0 Å². The molecule has 0 radical (unpaired) electrons. The van der Waals surface area contributed by atoms with E-state index in [0.717, 1.165) is 60.2 Å². The number of hydrogen-bond donors (Lipinski definition) is 1. The van der Waals surface area contributed by atoms with E-state index in [4.69, 9.17) is 9.73 Å². The highest BCUT2D eigenvalue weighted by Gasteiger charge is 2.25. The summed E-state index contributed by atoms with van der Waals surface area (Å²) in [6, 6.07) is 17.3. The Kier molecular flexibility index (Phi) is 4.33. The second kappa shape index (κ2) is 7.13. The summed E-state index contributed by atoms with van der Waals surface area (Å²) in [5, 5.41) is 4.89. The van der Waals surface area contributed by atoms with Crippen molar-refractivity contribution in [3.8, 4) is 11.5 Å². The Labute approximate surface area is 167 Å². The van der Waals surface area contributed by atoms with Crippen LogP contribution in [0.15, 0.2) is 65.0 Å². The minimum atomic E-state index is -0.104. The number of hydrogen-bond acceptors (Lipinski definition) is 5. The highest BCUT2D eigenvalue weighted by atomic mass is 32.1. The van der Waals surface area contributed by atoms with Gasteiger partial charge in [0.15, 0.2) is 5.75 Å². The lowest BCUT2D eigenvalue weighted by Crippen LogP contribution is -2.28. The molecule has 2 aromatic carbocycles. The summed E-state index contributed by atoms with van der Waals surface area (Å²) in [6.45, 7) is 1.96. The van der Waals surface area contributed by atoms with Gasteiger partial charge in [0.05, 0.1) is 10.4 Å². The molecule has 0 atom stereocenters. The van der Waals surface area contributed by atoms with Gasteiger partial charge in [0, 0.05) is 18.8 Å². The van der Waals surface area contributed by atoms with Crippen LogP contribution in [0, 0.1) is 0 Å². The van der Waals surface area contributed by atoms with E-state index in [1.807, 2.05) is 60.0 Å². The third-order valence-corrected chi connectivity index (χ3v) is 5.81. The van der Waals surface area contributed by atoms with Gasteiger partial charge in [-0.2, -0.15) is 0 Å². The number of nitrogens with zero attached hydrogens (tertiary/aromatic N) is 2. The average Bonchev–Trinajstić information content (AvgIpc) is 3.40. The van der Waals surface area contributed by atoms with Crippen LogP contribution in [0.3, 0.4) is 0 Å². The number of carbonyl (C=O) groups is 1. The van der Waals surface area contributed by atoms with Gasteiger partial charge in [0.25, 0.3) is 5.91 Å². The van der Waals surface area contributed by atoms with Crippen LogP contribution in [-0.2, 0) is 0 Å². The number of amidine groups is 1. The molecular weight excluding hydrogens is 370 g/mol. The zero-order valence-electron chi connectivity index (χ0n) is 15.2. The normalized spacial score (nSPS) is 15.1. The zero-order chi connectivity index (χ0) is 18.9. The quantitative estimate of drug-likeness (QED) is 0.649. The van der Waals surface area contributed by atoms with Gasteiger partial charge in [0.2, 0.25) is 0 Å². The van der Waals surface area contributed by atoms with E-state index in [2.05, 4.69) is 10.2 Å². The molecular formula is C22H19N3O2S. The highest BCUT2D eigenvalue weighted by Crippen LogP contribution is 2.39. The van der Waals surface area contributed by atoms with E-state index in [1.54, 1.807) is 0 Å². The van der Waals surface area contributed by atoms with Crippen molar-refractivity contribution < 1.29 is 9.53 Å². The molecule has 3 heterocycles. The molecule has 5 nitrogen and oxygen atoms in total. The molecule has 1 N–H and O–H groups in total. The van der Waals surface area contributed by atoms with Crippen molar-refractivity contribution in [1.29, 1.82) is 0 Å². The largest absolute Gasteiger partial charge is 0.454 e.